The normalized spacial score (nSPS) is 11.1. The highest BCUT2D eigenvalue weighted by Crippen LogP contribution is 2.16. The van der Waals surface area contributed by atoms with Gasteiger partial charge in [-0.05, 0) is 37.4 Å². The van der Waals surface area contributed by atoms with Crippen molar-refractivity contribution in [2.75, 3.05) is 12.4 Å². The van der Waals surface area contributed by atoms with Crippen molar-refractivity contribution < 1.29 is 17.6 Å². The zero-order valence-corrected chi connectivity index (χ0v) is 11.9. The first kappa shape index (κ1) is 15.1. The molecule has 2 rings (SSSR count). The molecule has 2 N–H and O–H groups in total. The van der Waals surface area contributed by atoms with Gasteiger partial charge in [0.2, 0.25) is 10.0 Å². The van der Waals surface area contributed by atoms with Crippen molar-refractivity contribution in [3.05, 3.63) is 59.9 Å². The Morgan fingerprint density at radius 1 is 1.10 bits per heavy atom. The van der Waals surface area contributed by atoms with Gasteiger partial charge in [0.05, 0.1) is 10.5 Å². The molecular weight excluding hydrogens is 295 g/mol. The maximum Gasteiger partial charge on any atom is 0.258 e. The van der Waals surface area contributed by atoms with Crippen molar-refractivity contribution in [3.63, 3.8) is 0 Å². The Kier molecular flexibility index (Phi) is 4.35. The van der Waals surface area contributed by atoms with Crippen LogP contribution in [-0.2, 0) is 10.0 Å². The molecule has 0 aliphatic rings. The number of amides is 1. The van der Waals surface area contributed by atoms with Crippen LogP contribution >= 0.6 is 0 Å². The van der Waals surface area contributed by atoms with Crippen molar-refractivity contribution >= 4 is 21.6 Å². The fourth-order valence-corrected chi connectivity index (χ4v) is 2.48. The molecule has 0 fully saturated rings. The lowest BCUT2D eigenvalue weighted by atomic mass is 10.2. The van der Waals surface area contributed by atoms with Gasteiger partial charge in [-0.2, -0.15) is 0 Å². The number of carbonyl (C=O) groups is 1. The second-order valence-electron chi connectivity index (χ2n) is 4.17. The Morgan fingerprint density at radius 2 is 1.81 bits per heavy atom. The summed E-state index contributed by atoms with van der Waals surface area (Å²) in [6.07, 6.45) is 0. The number of rotatable bonds is 4. The molecule has 0 aliphatic carbocycles. The highest BCUT2D eigenvalue weighted by molar-refractivity contribution is 7.89. The molecule has 2 aromatic rings. The monoisotopic (exact) mass is 308 g/mol. The van der Waals surface area contributed by atoms with Crippen molar-refractivity contribution in [2.45, 2.75) is 4.90 Å². The van der Waals surface area contributed by atoms with E-state index in [9.17, 15) is 17.6 Å². The molecule has 0 bridgehead atoms. The summed E-state index contributed by atoms with van der Waals surface area (Å²) in [6.45, 7) is 0. The van der Waals surface area contributed by atoms with E-state index in [1.807, 2.05) is 0 Å². The molecule has 0 heterocycles. The summed E-state index contributed by atoms with van der Waals surface area (Å²) >= 11 is 0. The molecule has 0 spiro atoms. The van der Waals surface area contributed by atoms with Gasteiger partial charge in [0.15, 0.2) is 0 Å². The number of halogens is 1. The van der Waals surface area contributed by atoms with Crippen LogP contribution in [0, 0.1) is 5.82 Å². The maximum atomic E-state index is 13.5. The lowest BCUT2D eigenvalue weighted by Gasteiger charge is -2.08. The number of sulfonamides is 1. The third kappa shape index (κ3) is 3.45. The molecule has 0 aliphatic heterocycles. The molecule has 0 radical (unpaired) electrons. The van der Waals surface area contributed by atoms with Crippen molar-refractivity contribution in [2.24, 2.45) is 0 Å². The van der Waals surface area contributed by atoms with Crippen LogP contribution < -0.4 is 10.0 Å². The Hall–Kier alpha value is -2.25. The Morgan fingerprint density at radius 3 is 2.48 bits per heavy atom. The van der Waals surface area contributed by atoms with E-state index in [0.717, 1.165) is 0 Å². The molecule has 21 heavy (non-hydrogen) atoms. The smallest absolute Gasteiger partial charge is 0.258 e. The minimum absolute atomic E-state index is 0.0105. The van der Waals surface area contributed by atoms with Gasteiger partial charge in [-0.1, -0.05) is 18.2 Å². The Balaban J connectivity index is 2.27. The van der Waals surface area contributed by atoms with Crippen molar-refractivity contribution in [3.8, 4) is 0 Å². The van der Waals surface area contributed by atoms with Gasteiger partial charge < -0.3 is 5.32 Å². The minimum Gasteiger partial charge on any atom is -0.322 e. The molecule has 0 atom stereocenters. The number of hydrogen-bond acceptors (Lipinski definition) is 3. The average molecular weight is 308 g/mol. The number of hydrogen-bond donors (Lipinski definition) is 2. The number of benzene rings is 2. The number of anilines is 1. The highest BCUT2D eigenvalue weighted by Gasteiger charge is 2.14. The molecule has 1 amide bonds. The lowest BCUT2D eigenvalue weighted by molar-refractivity contribution is 0.102. The first-order valence-corrected chi connectivity index (χ1v) is 7.52. The third-order valence-corrected chi connectivity index (χ3v) is 4.20. The zero-order valence-electron chi connectivity index (χ0n) is 11.1. The van der Waals surface area contributed by atoms with E-state index in [1.165, 1.54) is 49.5 Å². The highest BCUT2D eigenvalue weighted by atomic mass is 32.2. The lowest BCUT2D eigenvalue weighted by Crippen LogP contribution is -2.19. The first-order valence-electron chi connectivity index (χ1n) is 6.03. The van der Waals surface area contributed by atoms with E-state index in [1.54, 1.807) is 6.07 Å². The predicted molar refractivity (Wildman–Crippen MR) is 77.0 cm³/mol. The minimum atomic E-state index is -3.60. The summed E-state index contributed by atoms with van der Waals surface area (Å²) < 4.78 is 39.0. The van der Waals surface area contributed by atoms with Crippen LogP contribution in [0.2, 0.25) is 0 Å². The summed E-state index contributed by atoms with van der Waals surface area (Å²) in [5.74, 6) is -1.29. The van der Waals surface area contributed by atoms with E-state index in [-0.39, 0.29) is 16.1 Å². The van der Waals surface area contributed by atoms with Gasteiger partial charge >= 0.3 is 0 Å². The maximum absolute atomic E-state index is 13.5. The molecule has 0 saturated carbocycles. The Bertz CT molecular complexity index is 775. The van der Waals surface area contributed by atoms with Gasteiger partial charge in [0.25, 0.3) is 5.91 Å². The van der Waals surface area contributed by atoms with E-state index in [0.29, 0.717) is 0 Å². The fraction of sp³-hybridized carbons (Fsp3) is 0.0714. The van der Waals surface area contributed by atoms with Crippen LogP contribution in [0.5, 0.6) is 0 Å². The van der Waals surface area contributed by atoms with Crippen LogP contribution in [0.3, 0.4) is 0 Å². The first-order chi connectivity index (χ1) is 9.94. The topological polar surface area (TPSA) is 75.3 Å². The predicted octanol–water partition coefficient (Wildman–Crippen LogP) is 1.99. The largest absolute Gasteiger partial charge is 0.322 e. The second kappa shape index (κ2) is 6.02. The molecular formula is C14H13FN2O3S. The van der Waals surface area contributed by atoms with E-state index in [2.05, 4.69) is 10.0 Å². The summed E-state index contributed by atoms with van der Waals surface area (Å²) in [5, 5.41) is 2.46. The zero-order chi connectivity index (χ0) is 15.5. The molecule has 2 aromatic carbocycles. The number of nitrogens with one attached hydrogen (secondary N) is 2. The standard InChI is InChI=1S/C14H13FN2O3S/c1-16-21(19,20)11-6-4-5-10(9-11)17-14(18)12-7-2-3-8-13(12)15/h2-9,16H,1H3,(H,17,18). The Labute approximate surface area is 121 Å². The third-order valence-electron chi connectivity index (χ3n) is 2.79. The van der Waals surface area contributed by atoms with Gasteiger partial charge in [0.1, 0.15) is 5.82 Å². The summed E-state index contributed by atoms with van der Waals surface area (Å²) in [5.41, 5.74) is 0.152. The van der Waals surface area contributed by atoms with E-state index >= 15 is 0 Å². The molecule has 0 saturated heterocycles. The molecule has 7 heteroatoms. The molecule has 0 aromatic heterocycles. The quantitative estimate of drug-likeness (QED) is 0.907. The molecule has 110 valence electrons. The van der Waals surface area contributed by atoms with Crippen LogP contribution in [0.15, 0.2) is 53.4 Å². The van der Waals surface area contributed by atoms with E-state index < -0.39 is 21.7 Å². The van der Waals surface area contributed by atoms with Gasteiger partial charge in [-0.3, -0.25) is 4.79 Å². The van der Waals surface area contributed by atoms with Crippen LogP contribution in [0.25, 0.3) is 0 Å². The fourth-order valence-electron chi connectivity index (χ4n) is 1.70. The molecule has 5 nitrogen and oxygen atoms in total. The molecule has 0 unspecified atom stereocenters. The van der Waals surface area contributed by atoms with Gasteiger partial charge in [-0.15, -0.1) is 0 Å². The average Bonchev–Trinajstić information content (AvgIpc) is 2.48. The summed E-state index contributed by atoms with van der Waals surface area (Å²) in [7, 11) is -2.31. The van der Waals surface area contributed by atoms with Crippen LogP contribution in [0.1, 0.15) is 10.4 Å². The van der Waals surface area contributed by atoms with E-state index in [4.69, 9.17) is 0 Å². The van der Waals surface area contributed by atoms with Gasteiger partial charge in [0, 0.05) is 5.69 Å². The van der Waals surface area contributed by atoms with Crippen LogP contribution in [0.4, 0.5) is 10.1 Å². The second-order valence-corrected chi connectivity index (χ2v) is 6.06. The summed E-state index contributed by atoms with van der Waals surface area (Å²) in [6, 6.07) is 11.2. The van der Waals surface area contributed by atoms with Crippen molar-refractivity contribution in [1.82, 2.24) is 4.72 Å². The summed E-state index contributed by atoms with van der Waals surface area (Å²) in [4.78, 5) is 12.0. The SMILES string of the molecule is CNS(=O)(=O)c1cccc(NC(=O)c2ccccc2F)c1. The number of carbonyl (C=O) groups excluding carboxylic acids is 1. The van der Waals surface area contributed by atoms with Gasteiger partial charge in [-0.25, -0.2) is 17.5 Å². The van der Waals surface area contributed by atoms with Crippen LogP contribution in [-0.4, -0.2) is 21.4 Å². The van der Waals surface area contributed by atoms with Crippen molar-refractivity contribution in [1.29, 1.82) is 0 Å².